The summed E-state index contributed by atoms with van der Waals surface area (Å²) in [7, 11) is 1.61. The Bertz CT molecular complexity index is 1080. The molecule has 4 rings (SSSR count). The Morgan fingerprint density at radius 1 is 1.33 bits per heavy atom. The molecule has 1 aromatic carbocycles. The van der Waals surface area contributed by atoms with Crippen LogP contribution in [0.4, 0.5) is 5.13 Å². The van der Waals surface area contributed by atoms with E-state index in [-0.39, 0.29) is 11.7 Å². The van der Waals surface area contributed by atoms with Gasteiger partial charge in [-0.3, -0.25) is 9.78 Å². The number of pyridine rings is 1. The molecule has 0 saturated heterocycles. The van der Waals surface area contributed by atoms with Crippen molar-refractivity contribution in [1.82, 2.24) is 20.2 Å². The maximum Gasteiger partial charge on any atom is 0.277 e. The van der Waals surface area contributed by atoms with Gasteiger partial charge in [-0.05, 0) is 30.3 Å². The van der Waals surface area contributed by atoms with Crippen molar-refractivity contribution < 1.29 is 13.9 Å². The molecule has 27 heavy (non-hydrogen) atoms. The van der Waals surface area contributed by atoms with Gasteiger partial charge in [0.05, 0.1) is 28.6 Å². The number of fused-ring (bicyclic) bond motifs is 1. The summed E-state index contributed by atoms with van der Waals surface area (Å²) >= 11 is 2.55. The number of methoxy groups -OCH3 is 1. The van der Waals surface area contributed by atoms with E-state index in [2.05, 4.69) is 25.5 Å². The van der Waals surface area contributed by atoms with Crippen LogP contribution in [-0.4, -0.2) is 38.9 Å². The molecule has 0 spiro atoms. The maximum atomic E-state index is 12.2. The number of amides is 1. The molecule has 10 heteroatoms. The molecule has 1 amide bonds. The molecule has 0 fully saturated rings. The SMILES string of the molecule is COc1ccc2nc(NC(=O)CSc3nnc(-c4cccnc4)o3)sc2c1. The summed E-state index contributed by atoms with van der Waals surface area (Å²) < 4.78 is 11.7. The summed E-state index contributed by atoms with van der Waals surface area (Å²) in [6.45, 7) is 0. The predicted molar refractivity (Wildman–Crippen MR) is 103 cm³/mol. The number of ether oxygens (including phenoxy) is 1. The van der Waals surface area contributed by atoms with Crippen LogP contribution in [-0.2, 0) is 4.79 Å². The van der Waals surface area contributed by atoms with E-state index in [4.69, 9.17) is 9.15 Å². The first-order valence-corrected chi connectivity index (χ1v) is 9.62. The summed E-state index contributed by atoms with van der Waals surface area (Å²) in [4.78, 5) is 20.6. The van der Waals surface area contributed by atoms with Crippen molar-refractivity contribution in [2.75, 3.05) is 18.2 Å². The molecule has 4 aromatic rings. The number of benzene rings is 1. The van der Waals surface area contributed by atoms with Crippen LogP contribution in [0.25, 0.3) is 21.7 Å². The molecule has 0 aliphatic carbocycles. The first-order valence-electron chi connectivity index (χ1n) is 7.82. The van der Waals surface area contributed by atoms with Gasteiger partial charge in [-0.15, -0.1) is 10.2 Å². The Balaban J connectivity index is 1.37. The molecule has 0 unspecified atom stereocenters. The highest BCUT2D eigenvalue weighted by atomic mass is 32.2. The van der Waals surface area contributed by atoms with E-state index in [9.17, 15) is 4.79 Å². The number of thioether (sulfide) groups is 1. The van der Waals surface area contributed by atoms with E-state index in [1.807, 2.05) is 24.3 Å². The Labute approximate surface area is 162 Å². The fraction of sp³-hybridized carbons (Fsp3) is 0.118. The van der Waals surface area contributed by atoms with Crippen LogP contribution in [0.1, 0.15) is 0 Å². The monoisotopic (exact) mass is 399 g/mol. The van der Waals surface area contributed by atoms with E-state index in [0.29, 0.717) is 16.2 Å². The van der Waals surface area contributed by atoms with E-state index in [1.54, 1.807) is 25.6 Å². The number of nitrogens with zero attached hydrogens (tertiary/aromatic N) is 4. The van der Waals surface area contributed by atoms with Gasteiger partial charge in [0.25, 0.3) is 5.22 Å². The Hall–Kier alpha value is -2.98. The topological polar surface area (TPSA) is 103 Å². The molecule has 136 valence electrons. The second-order valence-corrected chi connectivity index (χ2v) is 7.26. The molecule has 0 radical (unpaired) electrons. The molecule has 0 bridgehead atoms. The van der Waals surface area contributed by atoms with Crippen LogP contribution in [0.2, 0.25) is 0 Å². The molecule has 0 saturated carbocycles. The summed E-state index contributed by atoms with van der Waals surface area (Å²) in [6.07, 6.45) is 3.30. The van der Waals surface area contributed by atoms with Crippen LogP contribution in [0, 0.1) is 0 Å². The van der Waals surface area contributed by atoms with Gasteiger partial charge >= 0.3 is 0 Å². The minimum atomic E-state index is -0.202. The standard InChI is InChI=1S/C17H13N5O3S2/c1-24-11-4-5-12-13(7-11)27-16(19-12)20-14(23)9-26-17-22-21-15(25-17)10-3-2-6-18-8-10/h2-8H,9H2,1H3,(H,19,20,23). The molecular formula is C17H13N5O3S2. The van der Waals surface area contributed by atoms with Gasteiger partial charge in [0.2, 0.25) is 11.8 Å². The number of hydrogen-bond donors (Lipinski definition) is 1. The molecule has 3 aromatic heterocycles. The fourth-order valence-electron chi connectivity index (χ4n) is 2.24. The predicted octanol–water partition coefficient (Wildman–Crippen LogP) is 3.48. The van der Waals surface area contributed by atoms with Gasteiger partial charge in [-0.25, -0.2) is 4.98 Å². The highest BCUT2D eigenvalue weighted by Crippen LogP contribution is 2.29. The second-order valence-electron chi connectivity index (χ2n) is 5.30. The molecule has 0 atom stereocenters. The van der Waals surface area contributed by atoms with Gasteiger partial charge in [0, 0.05) is 12.4 Å². The number of anilines is 1. The van der Waals surface area contributed by atoms with Gasteiger partial charge in [-0.1, -0.05) is 23.1 Å². The molecule has 3 heterocycles. The second kappa shape index (κ2) is 7.72. The summed E-state index contributed by atoms with van der Waals surface area (Å²) in [5.74, 6) is 1.05. The smallest absolute Gasteiger partial charge is 0.277 e. The van der Waals surface area contributed by atoms with Crippen LogP contribution in [0.3, 0.4) is 0 Å². The van der Waals surface area contributed by atoms with Crippen LogP contribution in [0.5, 0.6) is 5.75 Å². The van der Waals surface area contributed by atoms with Crippen molar-refractivity contribution in [3.05, 3.63) is 42.7 Å². The zero-order valence-corrected chi connectivity index (χ0v) is 15.7. The van der Waals surface area contributed by atoms with Gasteiger partial charge < -0.3 is 14.5 Å². The third-order valence-corrected chi connectivity index (χ3v) is 5.24. The van der Waals surface area contributed by atoms with Crippen molar-refractivity contribution >= 4 is 44.4 Å². The van der Waals surface area contributed by atoms with Crippen LogP contribution < -0.4 is 10.1 Å². The number of carbonyl (C=O) groups excluding carboxylic acids is 1. The zero-order chi connectivity index (χ0) is 18.6. The average molecular weight is 399 g/mol. The van der Waals surface area contributed by atoms with Gasteiger partial charge in [-0.2, -0.15) is 0 Å². The lowest BCUT2D eigenvalue weighted by molar-refractivity contribution is -0.113. The fourth-order valence-corrected chi connectivity index (χ4v) is 3.72. The molecular weight excluding hydrogens is 386 g/mol. The number of nitrogens with one attached hydrogen (secondary N) is 1. The largest absolute Gasteiger partial charge is 0.497 e. The number of hydrogen-bond acceptors (Lipinski definition) is 9. The lowest BCUT2D eigenvalue weighted by Crippen LogP contribution is -2.13. The summed E-state index contributed by atoms with van der Waals surface area (Å²) in [5.41, 5.74) is 1.54. The van der Waals surface area contributed by atoms with Crippen molar-refractivity contribution in [1.29, 1.82) is 0 Å². The lowest BCUT2D eigenvalue weighted by Gasteiger charge is -1.98. The van der Waals surface area contributed by atoms with E-state index in [0.717, 1.165) is 33.3 Å². The van der Waals surface area contributed by atoms with Crippen molar-refractivity contribution in [2.45, 2.75) is 5.22 Å². The Kier molecular flexibility index (Phi) is 4.99. The van der Waals surface area contributed by atoms with Crippen molar-refractivity contribution in [3.63, 3.8) is 0 Å². The Morgan fingerprint density at radius 2 is 2.26 bits per heavy atom. The average Bonchev–Trinajstić information content (AvgIpc) is 3.33. The van der Waals surface area contributed by atoms with Gasteiger partial charge in [0.1, 0.15) is 5.75 Å². The van der Waals surface area contributed by atoms with E-state index in [1.165, 1.54) is 11.3 Å². The van der Waals surface area contributed by atoms with E-state index < -0.39 is 0 Å². The lowest BCUT2D eigenvalue weighted by atomic mass is 10.3. The van der Waals surface area contributed by atoms with E-state index >= 15 is 0 Å². The Morgan fingerprint density at radius 3 is 3.07 bits per heavy atom. The zero-order valence-electron chi connectivity index (χ0n) is 14.1. The first kappa shape index (κ1) is 17.4. The summed E-state index contributed by atoms with van der Waals surface area (Å²) in [5, 5.41) is 11.5. The van der Waals surface area contributed by atoms with Crippen molar-refractivity contribution in [3.8, 4) is 17.2 Å². The number of rotatable bonds is 6. The molecule has 1 N–H and O–H groups in total. The van der Waals surface area contributed by atoms with Crippen molar-refractivity contribution in [2.24, 2.45) is 0 Å². The van der Waals surface area contributed by atoms with Crippen LogP contribution in [0.15, 0.2) is 52.4 Å². The maximum absolute atomic E-state index is 12.2. The quantitative estimate of drug-likeness (QED) is 0.492. The third-order valence-electron chi connectivity index (χ3n) is 3.48. The molecule has 0 aliphatic heterocycles. The normalized spacial score (nSPS) is 10.9. The number of thiazole rings is 1. The molecule has 0 aliphatic rings. The third kappa shape index (κ3) is 4.07. The highest BCUT2D eigenvalue weighted by molar-refractivity contribution is 7.99. The minimum Gasteiger partial charge on any atom is -0.497 e. The molecule has 8 nitrogen and oxygen atoms in total. The minimum absolute atomic E-state index is 0.133. The number of aromatic nitrogens is 4. The van der Waals surface area contributed by atoms with Crippen LogP contribution >= 0.6 is 23.1 Å². The summed E-state index contributed by atoms with van der Waals surface area (Å²) in [6, 6.07) is 9.18. The first-order chi connectivity index (χ1) is 13.2. The number of carbonyl (C=O) groups is 1. The van der Waals surface area contributed by atoms with Gasteiger partial charge in [0.15, 0.2) is 5.13 Å². The highest BCUT2D eigenvalue weighted by Gasteiger charge is 2.13.